The van der Waals surface area contributed by atoms with Crippen LogP contribution in [-0.2, 0) is 42.8 Å². The predicted molar refractivity (Wildman–Crippen MR) is 157 cm³/mol. The van der Waals surface area contributed by atoms with Crippen molar-refractivity contribution in [2.75, 3.05) is 13.7 Å². The molecule has 5 fully saturated rings. The van der Waals surface area contributed by atoms with Crippen LogP contribution in [0.3, 0.4) is 0 Å². The maximum atomic E-state index is 12.5. The van der Waals surface area contributed by atoms with Gasteiger partial charge in [0.2, 0.25) is 0 Å². The van der Waals surface area contributed by atoms with Crippen LogP contribution in [0, 0.1) is 34.5 Å². The quantitative estimate of drug-likeness (QED) is 0.262. The molecule has 0 aromatic carbocycles. The van der Waals surface area contributed by atoms with E-state index in [2.05, 4.69) is 13.8 Å². The summed E-state index contributed by atoms with van der Waals surface area (Å²) >= 11 is 0. The largest absolute Gasteiger partial charge is 0.458 e. The highest BCUT2D eigenvalue weighted by molar-refractivity contribution is 5.85. The van der Waals surface area contributed by atoms with Crippen molar-refractivity contribution in [1.29, 1.82) is 0 Å². The maximum Gasteiger partial charge on any atom is 0.331 e. The Morgan fingerprint density at radius 2 is 1.66 bits per heavy atom. The molecule has 13 atom stereocenters. The molecule has 6 rings (SSSR count). The molecule has 0 amide bonds. The highest BCUT2D eigenvalue weighted by Gasteiger charge is 2.68. The molecule has 0 aromatic heterocycles. The molecule has 2 heterocycles. The maximum absolute atomic E-state index is 12.5. The molecule has 0 bridgehead atoms. The van der Waals surface area contributed by atoms with Gasteiger partial charge in [0.05, 0.1) is 17.8 Å². The Kier molecular flexibility index (Phi) is 8.46. The zero-order valence-corrected chi connectivity index (χ0v) is 27.0. The van der Waals surface area contributed by atoms with Gasteiger partial charge in [-0.15, -0.1) is 0 Å². The average Bonchev–Trinajstić information content (AvgIpc) is 3.50. The lowest BCUT2D eigenvalue weighted by Gasteiger charge is -2.64. The van der Waals surface area contributed by atoms with E-state index in [0.717, 1.165) is 63.4 Å². The number of methoxy groups -OCH3 is 1. The molecule has 44 heavy (non-hydrogen) atoms. The number of carbonyl (C=O) groups excluding carboxylic acids is 3. The molecule has 10 heteroatoms. The van der Waals surface area contributed by atoms with Crippen molar-refractivity contribution < 1.29 is 47.9 Å². The van der Waals surface area contributed by atoms with E-state index in [4.69, 9.17) is 28.4 Å². The van der Waals surface area contributed by atoms with Crippen molar-refractivity contribution in [1.82, 2.24) is 0 Å². The molecule has 8 unspecified atom stereocenters. The van der Waals surface area contributed by atoms with Gasteiger partial charge in [-0.25, -0.2) is 4.79 Å². The lowest BCUT2D eigenvalue weighted by atomic mass is 9.43. The number of hydrogen-bond acceptors (Lipinski definition) is 10. The van der Waals surface area contributed by atoms with E-state index in [9.17, 15) is 19.5 Å². The van der Waals surface area contributed by atoms with Gasteiger partial charge in [-0.05, 0) is 99.4 Å². The molecule has 0 aromatic rings. The van der Waals surface area contributed by atoms with Crippen LogP contribution in [0.4, 0.5) is 0 Å². The Labute approximate surface area is 260 Å². The third kappa shape index (κ3) is 5.12. The second-order valence-electron chi connectivity index (χ2n) is 14.9. The van der Waals surface area contributed by atoms with E-state index in [-0.39, 0.29) is 34.7 Å². The molecule has 246 valence electrons. The Bertz CT molecular complexity index is 1180. The average molecular weight is 619 g/mol. The fourth-order valence-corrected chi connectivity index (χ4v) is 10.7. The summed E-state index contributed by atoms with van der Waals surface area (Å²) in [5.74, 6) is 0.0897. The first-order valence-electron chi connectivity index (χ1n) is 16.6. The third-order valence-electron chi connectivity index (χ3n) is 12.9. The summed E-state index contributed by atoms with van der Waals surface area (Å²) < 4.78 is 34.9. The van der Waals surface area contributed by atoms with Crippen LogP contribution in [0.15, 0.2) is 11.6 Å². The summed E-state index contributed by atoms with van der Waals surface area (Å²) in [5.41, 5.74) is 0.159. The summed E-state index contributed by atoms with van der Waals surface area (Å²) in [6, 6.07) is 0. The van der Waals surface area contributed by atoms with Gasteiger partial charge in [0, 0.05) is 32.4 Å². The summed E-state index contributed by atoms with van der Waals surface area (Å²) in [4.78, 5) is 35.7. The smallest absolute Gasteiger partial charge is 0.331 e. The number of fused-ring (bicyclic) bond motifs is 5. The van der Waals surface area contributed by atoms with E-state index in [1.165, 1.54) is 21.0 Å². The van der Waals surface area contributed by atoms with Gasteiger partial charge in [-0.3, -0.25) is 9.59 Å². The normalized spacial score (nSPS) is 48.3. The number of esters is 3. The Balaban J connectivity index is 1.16. The zero-order chi connectivity index (χ0) is 31.6. The Morgan fingerprint density at radius 3 is 2.32 bits per heavy atom. The number of rotatable bonds is 6. The second-order valence-corrected chi connectivity index (χ2v) is 14.9. The first-order valence-corrected chi connectivity index (χ1v) is 16.6. The SMILES string of the molecule is COC1[C@@H](OC(C)=O)C(C)O[C@@H](O[C@H]2CCC3(C)C4CCC5(C)C(C6=CC(=O)OC6)CCC5(O)C4CC[C@@H]3C2)[C@H]1OC(C)=O. The van der Waals surface area contributed by atoms with Crippen molar-refractivity contribution in [2.45, 2.75) is 135 Å². The number of aliphatic hydroxyl groups is 1. The van der Waals surface area contributed by atoms with E-state index < -0.39 is 48.2 Å². The minimum atomic E-state index is -0.877. The molecular weight excluding hydrogens is 568 g/mol. The van der Waals surface area contributed by atoms with Crippen LogP contribution in [0.25, 0.3) is 0 Å². The minimum Gasteiger partial charge on any atom is -0.458 e. The van der Waals surface area contributed by atoms with Crippen LogP contribution in [0.2, 0.25) is 0 Å². The molecule has 4 aliphatic carbocycles. The molecular formula is C34H50O10. The predicted octanol–water partition coefficient (Wildman–Crippen LogP) is 4.25. The molecule has 4 saturated carbocycles. The van der Waals surface area contributed by atoms with Crippen molar-refractivity contribution in [3.8, 4) is 0 Å². The van der Waals surface area contributed by atoms with Gasteiger partial charge in [-0.1, -0.05) is 13.8 Å². The van der Waals surface area contributed by atoms with E-state index >= 15 is 0 Å². The van der Waals surface area contributed by atoms with Gasteiger partial charge in [0.1, 0.15) is 12.7 Å². The van der Waals surface area contributed by atoms with Crippen molar-refractivity contribution in [3.63, 3.8) is 0 Å². The Morgan fingerprint density at radius 1 is 0.932 bits per heavy atom. The number of cyclic esters (lactones) is 1. The van der Waals surface area contributed by atoms with Crippen molar-refractivity contribution >= 4 is 17.9 Å². The standard InChI is InChI=1S/C34H50O10/c1-18-28(42-19(2)35)29(39-6)30(43-20(3)36)31(41-18)44-23-9-12-32(4)22(16-23)7-8-26-25(32)10-13-33(5)24(11-14-34(26,33)38)21-15-27(37)40-17-21/h15,18,22-26,28-31,38H,7-14,16-17H2,1-6H3/t18?,22-,23+,24?,25?,26?,28+,29?,30+,31+,32?,33?,34?/m1/s1. The van der Waals surface area contributed by atoms with Crippen LogP contribution in [0.5, 0.6) is 0 Å². The fourth-order valence-electron chi connectivity index (χ4n) is 10.7. The minimum absolute atomic E-state index is 0.0812. The first kappa shape index (κ1) is 32.0. The van der Waals surface area contributed by atoms with E-state index in [1.54, 1.807) is 6.08 Å². The zero-order valence-electron chi connectivity index (χ0n) is 27.0. The van der Waals surface area contributed by atoms with Gasteiger partial charge < -0.3 is 33.5 Å². The lowest BCUT2D eigenvalue weighted by Crippen LogP contribution is -2.63. The Hall–Kier alpha value is -2.01. The molecule has 0 spiro atoms. The molecule has 2 aliphatic heterocycles. The van der Waals surface area contributed by atoms with E-state index in [0.29, 0.717) is 18.4 Å². The molecule has 1 saturated heterocycles. The van der Waals surface area contributed by atoms with Gasteiger partial charge in [0.25, 0.3) is 0 Å². The molecule has 1 N–H and O–H groups in total. The van der Waals surface area contributed by atoms with Crippen LogP contribution >= 0.6 is 0 Å². The molecule has 0 radical (unpaired) electrons. The highest BCUT2D eigenvalue weighted by atomic mass is 16.7. The molecule has 6 aliphatic rings. The van der Waals surface area contributed by atoms with Gasteiger partial charge in [0.15, 0.2) is 18.5 Å². The van der Waals surface area contributed by atoms with Crippen LogP contribution in [0.1, 0.15) is 92.4 Å². The summed E-state index contributed by atoms with van der Waals surface area (Å²) in [6.07, 6.45) is 6.29. The number of hydrogen-bond donors (Lipinski definition) is 1. The van der Waals surface area contributed by atoms with Gasteiger partial charge >= 0.3 is 17.9 Å². The van der Waals surface area contributed by atoms with Gasteiger partial charge in [-0.2, -0.15) is 0 Å². The van der Waals surface area contributed by atoms with Crippen LogP contribution in [-0.4, -0.2) is 79.1 Å². The fraction of sp³-hybridized carbons (Fsp3) is 0.853. The lowest BCUT2D eigenvalue weighted by molar-refractivity contribution is -0.317. The highest BCUT2D eigenvalue weighted by Crippen LogP contribution is 2.70. The summed E-state index contributed by atoms with van der Waals surface area (Å²) in [5, 5.41) is 12.5. The first-order chi connectivity index (χ1) is 20.8. The van der Waals surface area contributed by atoms with Crippen molar-refractivity contribution in [2.24, 2.45) is 34.5 Å². The molecule has 10 nitrogen and oxygen atoms in total. The number of ether oxygens (including phenoxy) is 6. The van der Waals surface area contributed by atoms with Crippen molar-refractivity contribution in [3.05, 3.63) is 11.6 Å². The second kappa shape index (κ2) is 11.7. The van der Waals surface area contributed by atoms with E-state index in [1.807, 2.05) is 6.92 Å². The topological polar surface area (TPSA) is 127 Å². The third-order valence-corrected chi connectivity index (χ3v) is 12.9. The monoisotopic (exact) mass is 618 g/mol. The summed E-state index contributed by atoms with van der Waals surface area (Å²) in [7, 11) is 1.50. The van der Waals surface area contributed by atoms with Crippen LogP contribution < -0.4 is 0 Å². The number of carbonyl (C=O) groups is 3. The summed E-state index contributed by atoms with van der Waals surface area (Å²) in [6.45, 7) is 9.52.